The van der Waals surface area contributed by atoms with Gasteiger partial charge >= 0.3 is 0 Å². The summed E-state index contributed by atoms with van der Waals surface area (Å²) in [5.74, 6) is 4.96. The molecule has 2 unspecified atom stereocenters. The van der Waals surface area contributed by atoms with Gasteiger partial charge in [0.25, 0.3) is 0 Å². The summed E-state index contributed by atoms with van der Waals surface area (Å²) in [6, 6.07) is 0. The van der Waals surface area contributed by atoms with Crippen molar-refractivity contribution in [3.63, 3.8) is 0 Å². The van der Waals surface area contributed by atoms with E-state index in [1.807, 2.05) is 0 Å². The highest BCUT2D eigenvalue weighted by molar-refractivity contribution is 7.99. The smallest absolute Gasteiger partial charge is 0.00362 e. The molecule has 0 spiro atoms. The third kappa shape index (κ3) is 2.70. The maximum absolute atomic E-state index is 2.35. The minimum atomic E-state index is 1.04. The highest BCUT2D eigenvalue weighted by atomic mass is 32.2. The first-order valence-corrected chi connectivity index (χ1v) is 6.11. The minimum absolute atomic E-state index is 1.04. The quantitative estimate of drug-likeness (QED) is 0.625. The van der Waals surface area contributed by atoms with Gasteiger partial charge in [0.1, 0.15) is 0 Å². The van der Waals surface area contributed by atoms with Gasteiger partial charge in [-0.2, -0.15) is 11.8 Å². The third-order valence-electron chi connectivity index (χ3n) is 2.82. The first-order chi connectivity index (χ1) is 5.38. The number of hydrogen-bond acceptors (Lipinski definition) is 1. The normalized spacial score (nSPS) is 27.3. The van der Waals surface area contributed by atoms with Crippen molar-refractivity contribution in [1.29, 1.82) is 0 Å². The Hall–Kier alpha value is 0.350. The second kappa shape index (κ2) is 5.08. The molecule has 66 valence electrons. The van der Waals surface area contributed by atoms with E-state index in [1.54, 1.807) is 0 Å². The number of rotatable bonds is 4. The van der Waals surface area contributed by atoms with E-state index in [2.05, 4.69) is 25.6 Å². The zero-order chi connectivity index (χ0) is 8.10. The molecule has 1 heteroatoms. The molecule has 0 nitrogen and oxygen atoms in total. The molecule has 1 heterocycles. The Kier molecular flexibility index (Phi) is 4.36. The Morgan fingerprint density at radius 3 is 2.73 bits per heavy atom. The SMILES string of the molecule is CCCC(CC)C1CCSC1. The van der Waals surface area contributed by atoms with Crippen molar-refractivity contribution < 1.29 is 0 Å². The van der Waals surface area contributed by atoms with E-state index in [1.165, 1.54) is 37.2 Å². The molecule has 0 amide bonds. The van der Waals surface area contributed by atoms with Gasteiger partial charge in [0.15, 0.2) is 0 Å². The molecular formula is C10H20S. The van der Waals surface area contributed by atoms with Crippen LogP contribution < -0.4 is 0 Å². The first-order valence-electron chi connectivity index (χ1n) is 4.96. The van der Waals surface area contributed by atoms with Gasteiger partial charge in [0.05, 0.1) is 0 Å². The molecule has 0 aromatic heterocycles. The molecule has 0 aliphatic carbocycles. The van der Waals surface area contributed by atoms with Gasteiger partial charge in [-0.3, -0.25) is 0 Å². The molecule has 0 aromatic carbocycles. The van der Waals surface area contributed by atoms with Gasteiger partial charge in [-0.05, 0) is 29.8 Å². The molecule has 0 radical (unpaired) electrons. The molecule has 0 N–H and O–H groups in total. The van der Waals surface area contributed by atoms with Crippen molar-refractivity contribution >= 4 is 11.8 Å². The van der Waals surface area contributed by atoms with Crippen LogP contribution in [0.3, 0.4) is 0 Å². The summed E-state index contributed by atoms with van der Waals surface area (Å²) in [5.41, 5.74) is 0. The average Bonchev–Trinajstić information content (AvgIpc) is 2.52. The lowest BCUT2D eigenvalue weighted by atomic mass is 9.86. The van der Waals surface area contributed by atoms with Crippen molar-refractivity contribution in [3.8, 4) is 0 Å². The first kappa shape index (κ1) is 9.44. The maximum atomic E-state index is 2.35. The van der Waals surface area contributed by atoms with Crippen molar-refractivity contribution in [2.75, 3.05) is 11.5 Å². The van der Waals surface area contributed by atoms with Crippen LogP contribution in [0.4, 0.5) is 0 Å². The zero-order valence-electron chi connectivity index (χ0n) is 7.81. The Bertz CT molecular complexity index is 95.0. The van der Waals surface area contributed by atoms with Crippen molar-refractivity contribution in [3.05, 3.63) is 0 Å². The molecule has 2 atom stereocenters. The van der Waals surface area contributed by atoms with Crippen molar-refractivity contribution in [2.45, 2.75) is 39.5 Å². The molecule has 1 rings (SSSR count). The lowest BCUT2D eigenvalue weighted by Gasteiger charge is -2.20. The summed E-state index contributed by atoms with van der Waals surface area (Å²) in [7, 11) is 0. The summed E-state index contributed by atoms with van der Waals surface area (Å²) < 4.78 is 0. The summed E-state index contributed by atoms with van der Waals surface area (Å²) in [4.78, 5) is 0. The van der Waals surface area contributed by atoms with Crippen molar-refractivity contribution in [2.24, 2.45) is 11.8 Å². The molecule has 1 aliphatic rings. The van der Waals surface area contributed by atoms with Crippen LogP contribution in [0.25, 0.3) is 0 Å². The summed E-state index contributed by atoms with van der Waals surface area (Å²) >= 11 is 2.15. The van der Waals surface area contributed by atoms with Crippen LogP contribution >= 0.6 is 11.8 Å². The van der Waals surface area contributed by atoms with E-state index < -0.39 is 0 Å². The lowest BCUT2D eigenvalue weighted by molar-refractivity contribution is 0.330. The van der Waals surface area contributed by atoms with Crippen LogP contribution in [0.5, 0.6) is 0 Å². The highest BCUT2D eigenvalue weighted by Gasteiger charge is 2.22. The topological polar surface area (TPSA) is 0 Å². The molecule has 1 aliphatic heterocycles. The van der Waals surface area contributed by atoms with E-state index in [0.717, 1.165) is 11.8 Å². The summed E-state index contributed by atoms with van der Waals surface area (Å²) in [5, 5.41) is 0. The summed E-state index contributed by atoms with van der Waals surface area (Å²) in [6.45, 7) is 4.66. The Labute approximate surface area is 75.1 Å². The van der Waals surface area contributed by atoms with Crippen LogP contribution in [0, 0.1) is 11.8 Å². The summed E-state index contributed by atoms with van der Waals surface area (Å²) in [6.07, 6.45) is 5.73. The van der Waals surface area contributed by atoms with E-state index in [0.29, 0.717) is 0 Å². The molecule has 1 saturated heterocycles. The van der Waals surface area contributed by atoms with Crippen molar-refractivity contribution in [1.82, 2.24) is 0 Å². The van der Waals surface area contributed by atoms with Gasteiger partial charge in [-0.25, -0.2) is 0 Å². The highest BCUT2D eigenvalue weighted by Crippen LogP contribution is 2.33. The third-order valence-corrected chi connectivity index (χ3v) is 4.00. The van der Waals surface area contributed by atoms with Gasteiger partial charge in [0.2, 0.25) is 0 Å². The second-order valence-corrected chi connectivity index (χ2v) is 4.73. The van der Waals surface area contributed by atoms with Gasteiger partial charge < -0.3 is 0 Å². The van der Waals surface area contributed by atoms with Crippen LogP contribution in [0.15, 0.2) is 0 Å². The van der Waals surface area contributed by atoms with E-state index in [4.69, 9.17) is 0 Å². The predicted octanol–water partition coefficient (Wildman–Crippen LogP) is 3.57. The monoisotopic (exact) mass is 172 g/mol. The average molecular weight is 172 g/mol. The zero-order valence-corrected chi connectivity index (χ0v) is 8.62. The Morgan fingerprint density at radius 2 is 2.27 bits per heavy atom. The van der Waals surface area contributed by atoms with Crippen LogP contribution in [0.2, 0.25) is 0 Å². The predicted molar refractivity (Wildman–Crippen MR) is 54.1 cm³/mol. The number of hydrogen-bond donors (Lipinski definition) is 0. The second-order valence-electron chi connectivity index (χ2n) is 3.58. The molecule has 0 aromatic rings. The fourth-order valence-corrected chi connectivity index (χ4v) is 3.45. The minimum Gasteiger partial charge on any atom is -0.162 e. The Balaban J connectivity index is 2.27. The fraction of sp³-hybridized carbons (Fsp3) is 1.00. The van der Waals surface area contributed by atoms with E-state index in [9.17, 15) is 0 Å². The maximum Gasteiger partial charge on any atom is -0.00362 e. The Morgan fingerprint density at radius 1 is 1.45 bits per heavy atom. The van der Waals surface area contributed by atoms with Gasteiger partial charge in [-0.1, -0.05) is 33.1 Å². The van der Waals surface area contributed by atoms with E-state index >= 15 is 0 Å². The van der Waals surface area contributed by atoms with Crippen LogP contribution in [-0.2, 0) is 0 Å². The lowest BCUT2D eigenvalue weighted by Crippen LogP contribution is -2.12. The molecule has 1 fully saturated rings. The largest absolute Gasteiger partial charge is 0.162 e. The molecule has 11 heavy (non-hydrogen) atoms. The molecular weight excluding hydrogens is 152 g/mol. The molecule has 0 saturated carbocycles. The van der Waals surface area contributed by atoms with E-state index in [-0.39, 0.29) is 0 Å². The van der Waals surface area contributed by atoms with Gasteiger partial charge in [-0.15, -0.1) is 0 Å². The molecule has 0 bridgehead atoms. The standard InChI is InChI=1S/C10H20S/c1-3-5-9(4-2)10-6-7-11-8-10/h9-10H,3-8H2,1-2H3. The van der Waals surface area contributed by atoms with Crippen LogP contribution in [0.1, 0.15) is 39.5 Å². The van der Waals surface area contributed by atoms with Gasteiger partial charge in [0, 0.05) is 0 Å². The number of thioether (sulfide) groups is 1. The fourth-order valence-electron chi connectivity index (χ4n) is 2.07. The van der Waals surface area contributed by atoms with Crippen LogP contribution in [-0.4, -0.2) is 11.5 Å².